The van der Waals surface area contributed by atoms with Gasteiger partial charge in [-0.25, -0.2) is 0 Å². The highest BCUT2D eigenvalue weighted by atomic mass is 16.2. The molecule has 1 aliphatic heterocycles. The zero-order valence-electron chi connectivity index (χ0n) is 12.5. The van der Waals surface area contributed by atoms with Crippen LogP contribution in [0, 0.1) is 5.92 Å². The zero-order chi connectivity index (χ0) is 14.5. The molecular formula is C15H28N3O2+. The Bertz CT molecular complexity index is 353. The molecule has 5 nitrogen and oxygen atoms in total. The van der Waals surface area contributed by atoms with Crippen molar-refractivity contribution in [3.05, 3.63) is 0 Å². The van der Waals surface area contributed by atoms with Gasteiger partial charge in [0.1, 0.15) is 0 Å². The topological polar surface area (TPSA) is 76.6 Å². The number of primary amides is 1. The predicted molar refractivity (Wildman–Crippen MR) is 77.1 cm³/mol. The Morgan fingerprint density at radius 2 is 1.85 bits per heavy atom. The number of carbonyl (C=O) groups excluding carboxylic acids is 2. The van der Waals surface area contributed by atoms with Crippen LogP contribution in [0.5, 0.6) is 0 Å². The SMILES string of the molecule is C[C@@H](C(=O)NC1CCCCC1)[NH+]1CCC[C@H](C(N)=O)C1. The molecule has 114 valence electrons. The van der Waals surface area contributed by atoms with E-state index in [-0.39, 0.29) is 23.8 Å². The maximum atomic E-state index is 12.3. The molecule has 5 heteroatoms. The summed E-state index contributed by atoms with van der Waals surface area (Å²) >= 11 is 0. The van der Waals surface area contributed by atoms with Gasteiger partial charge in [0.25, 0.3) is 5.91 Å². The average molecular weight is 282 g/mol. The Kier molecular flexibility index (Phi) is 5.40. The molecule has 20 heavy (non-hydrogen) atoms. The van der Waals surface area contributed by atoms with Crippen LogP contribution in [0.2, 0.25) is 0 Å². The lowest BCUT2D eigenvalue weighted by molar-refractivity contribution is -0.921. The number of piperidine rings is 1. The second-order valence-corrected chi connectivity index (χ2v) is 6.42. The lowest BCUT2D eigenvalue weighted by atomic mass is 9.94. The first kappa shape index (κ1) is 15.3. The van der Waals surface area contributed by atoms with Gasteiger partial charge in [0.2, 0.25) is 5.91 Å². The largest absolute Gasteiger partial charge is 0.369 e. The minimum atomic E-state index is -0.220. The van der Waals surface area contributed by atoms with E-state index in [0.29, 0.717) is 12.6 Å². The van der Waals surface area contributed by atoms with Crippen LogP contribution in [0.25, 0.3) is 0 Å². The van der Waals surface area contributed by atoms with Gasteiger partial charge in [-0.05, 0) is 32.6 Å². The standard InChI is InChI=1S/C15H27N3O2/c1-11(15(20)17-13-7-3-2-4-8-13)18-9-5-6-12(10-18)14(16)19/h11-13H,2-10H2,1H3,(H2,16,19)(H,17,20)/p+1/t11-,12-/m0/s1. The normalized spacial score (nSPS) is 29.6. The maximum Gasteiger partial charge on any atom is 0.278 e. The van der Waals surface area contributed by atoms with Crippen molar-refractivity contribution < 1.29 is 14.5 Å². The molecule has 0 spiro atoms. The molecule has 0 aromatic carbocycles. The molecule has 1 saturated carbocycles. The first-order chi connectivity index (χ1) is 9.58. The fourth-order valence-corrected chi connectivity index (χ4v) is 3.49. The third kappa shape index (κ3) is 3.95. The van der Waals surface area contributed by atoms with E-state index in [1.54, 1.807) is 0 Å². The molecule has 0 aromatic heterocycles. The summed E-state index contributed by atoms with van der Waals surface area (Å²) in [6.07, 6.45) is 7.80. The van der Waals surface area contributed by atoms with Crippen LogP contribution in [-0.4, -0.2) is 37.0 Å². The van der Waals surface area contributed by atoms with Crippen LogP contribution in [0.4, 0.5) is 0 Å². The number of hydrogen-bond donors (Lipinski definition) is 3. The highest BCUT2D eigenvalue weighted by Crippen LogP contribution is 2.17. The Hall–Kier alpha value is -1.10. The Labute approximate surface area is 121 Å². The molecule has 2 fully saturated rings. The number of carbonyl (C=O) groups is 2. The zero-order valence-corrected chi connectivity index (χ0v) is 12.5. The Balaban J connectivity index is 1.84. The smallest absolute Gasteiger partial charge is 0.278 e. The number of hydrogen-bond acceptors (Lipinski definition) is 2. The van der Waals surface area contributed by atoms with Gasteiger partial charge in [0, 0.05) is 6.04 Å². The molecule has 1 saturated heterocycles. The fraction of sp³-hybridized carbons (Fsp3) is 0.867. The van der Waals surface area contributed by atoms with Crippen molar-refractivity contribution in [1.82, 2.24) is 5.32 Å². The van der Waals surface area contributed by atoms with Gasteiger partial charge in [0.15, 0.2) is 6.04 Å². The third-order valence-corrected chi connectivity index (χ3v) is 4.92. The first-order valence-corrected chi connectivity index (χ1v) is 8.02. The van der Waals surface area contributed by atoms with Gasteiger partial charge in [-0.2, -0.15) is 0 Å². The fourth-order valence-electron chi connectivity index (χ4n) is 3.49. The van der Waals surface area contributed by atoms with Crippen molar-refractivity contribution in [3.63, 3.8) is 0 Å². The number of rotatable bonds is 4. The van der Waals surface area contributed by atoms with Gasteiger partial charge in [0.05, 0.1) is 19.0 Å². The van der Waals surface area contributed by atoms with Crippen molar-refractivity contribution >= 4 is 11.8 Å². The number of nitrogens with one attached hydrogen (secondary N) is 2. The van der Waals surface area contributed by atoms with E-state index in [2.05, 4.69) is 5.32 Å². The lowest BCUT2D eigenvalue weighted by Gasteiger charge is -2.33. The summed E-state index contributed by atoms with van der Waals surface area (Å²) in [6.45, 7) is 3.63. The molecule has 2 amide bonds. The van der Waals surface area contributed by atoms with Crippen molar-refractivity contribution in [2.75, 3.05) is 13.1 Å². The van der Waals surface area contributed by atoms with E-state index in [4.69, 9.17) is 5.73 Å². The highest BCUT2D eigenvalue weighted by Gasteiger charge is 2.33. The number of nitrogens with two attached hydrogens (primary N) is 1. The van der Waals surface area contributed by atoms with Gasteiger partial charge >= 0.3 is 0 Å². The molecule has 0 radical (unpaired) electrons. The van der Waals surface area contributed by atoms with E-state index < -0.39 is 0 Å². The Morgan fingerprint density at radius 3 is 2.50 bits per heavy atom. The second kappa shape index (κ2) is 7.07. The summed E-state index contributed by atoms with van der Waals surface area (Å²) in [5, 5.41) is 3.18. The van der Waals surface area contributed by atoms with E-state index in [1.165, 1.54) is 24.2 Å². The van der Waals surface area contributed by atoms with Crippen LogP contribution in [0.15, 0.2) is 0 Å². The quantitative estimate of drug-likeness (QED) is 0.656. The molecule has 0 bridgehead atoms. The van der Waals surface area contributed by atoms with Crippen molar-refractivity contribution in [2.24, 2.45) is 11.7 Å². The molecule has 1 aliphatic carbocycles. The lowest BCUT2D eigenvalue weighted by Crippen LogP contribution is -3.18. The minimum Gasteiger partial charge on any atom is -0.369 e. The summed E-state index contributed by atoms with van der Waals surface area (Å²) in [5.41, 5.74) is 5.40. The van der Waals surface area contributed by atoms with Gasteiger partial charge in [-0.15, -0.1) is 0 Å². The van der Waals surface area contributed by atoms with Gasteiger partial charge in [-0.3, -0.25) is 9.59 Å². The predicted octanol–water partition coefficient (Wildman–Crippen LogP) is -0.396. The summed E-state index contributed by atoms with van der Waals surface area (Å²) in [7, 11) is 0. The third-order valence-electron chi connectivity index (χ3n) is 4.92. The van der Waals surface area contributed by atoms with Gasteiger partial charge in [-0.1, -0.05) is 19.3 Å². The molecule has 2 rings (SSSR count). The molecule has 1 heterocycles. The summed E-state index contributed by atoms with van der Waals surface area (Å²) in [5.74, 6) is -0.150. The second-order valence-electron chi connectivity index (χ2n) is 6.42. The molecular weight excluding hydrogens is 254 g/mol. The van der Waals surface area contributed by atoms with Crippen LogP contribution < -0.4 is 16.0 Å². The Morgan fingerprint density at radius 1 is 1.15 bits per heavy atom. The molecule has 2 aliphatic rings. The summed E-state index contributed by atoms with van der Waals surface area (Å²) in [6, 6.07) is 0.272. The van der Waals surface area contributed by atoms with E-state index in [1.807, 2.05) is 6.92 Å². The van der Waals surface area contributed by atoms with Crippen LogP contribution in [0.1, 0.15) is 51.9 Å². The number of likely N-dealkylation sites (tertiary alicyclic amines) is 1. The number of amides is 2. The molecule has 4 N–H and O–H groups in total. The monoisotopic (exact) mass is 282 g/mol. The van der Waals surface area contributed by atoms with Crippen molar-refractivity contribution in [2.45, 2.75) is 64.0 Å². The van der Waals surface area contributed by atoms with Crippen LogP contribution in [0.3, 0.4) is 0 Å². The van der Waals surface area contributed by atoms with Crippen molar-refractivity contribution in [3.8, 4) is 0 Å². The van der Waals surface area contributed by atoms with E-state index in [0.717, 1.165) is 32.2 Å². The number of quaternary nitrogens is 1. The summed E-state index contributed by atoms with van der Waals surface area (Å²) < 4.78 is 0. The van der Waals surface area contributed by atoms with E-state index in [9.17, 15) is 9.59 Å². The van der Waals surface area contributed by atoms with Crippen LogP contribution >= 0.6 is 0 Å². The molecule has 1 unspecified atom stereocenters. The van der Waals surface area contributed by atoms with Crippen LogP contribution in [-0.2, 0) is 9.59 Å². The van der Waals surface area contributed by atoms with Gasteiger partial charge < -0.3 is 16.0 Å². The molecule has 3 atom stereocenters. The van der Waals surface area contributed by atoms with Crippen molar-refractivity contribution in [1.29, 1.82) is 0 Å². The maximum absolute atomic E-state index is 12.3. The summed E-state index contributed by atoms with van der Waals surface area (Å²) in [4.78, 5) is 24.9. The first-order valence-electron chi connectivity index (χ1n) is 8.02. The highest BCUT2D eigenvalue weighted by molar-refractivity contribution is 5.80. The molecule has 0 aromatic rings. The average Bonchev–Trinajstić information content (AvgIpc) is 2.47. The minimum absolute atomic E-state index is 0.0660. The van der Waals surface area contributed by atoms with E-state index >= 15 is 0 Å².